The molecule has 0 unspecified atom stereocenters. The van der Waals surface area contributed by atoms with Crippen LogP contribution in [0, 0.1) is 0 Å². The van der Waals surface area contributed by atoms with E-state index in [9.17, 15) is 9.90 Å². The molecular weight excluding hydrogens is 198 g/mol. The zero-order valence-electron chi connectivity index (χ0n) is 7.99. The van der Waals surface area contributed by atoms with Crippen molar-refractivity contribution in [3.8, 4) is 11.5 Å². The first-order chi connectivity index (χ1) is 7.18. The lowest BCUT2D eigenvalue weighted by Crippen LogP contribution is -2.23. The minimum atomic E-state index is -1.32. The number of fused-ring (bicyclic) bond motifs is 1. The summed E-state index contributed by atoms with van der Waals surface area (Å²) in [7, 11) is 0. The highest BCUT2D eigenvalue weighted by molar-refractivity contribution is 5.93. The van der Waals surface area contributed by atoms with E-state index in [-0.39, 0.29) is 11.3 Å². The molecule has 0 fully saturated rings. The maximum Gasteiger partial charge on any atom is 0.163 e. The van der Waals surface area contributed by atoms with Gasteiger partial charge in [0.15, 0.2) is 11.5 Å². The molecule has 1 aromatic carbocycles. The van der Waals surface area contributed by atoms with Gasteiger partial charge in [-0.1, -0.05) is 0 Å². The van der Waals surface area contributed by atoms with Crippen LogP contribution in [0.4, 0.5) is 5.69 Å². The number of nitrogen functional groups attached to an aromatic ring is 1. The van der Waals surface area contributed by atoms with Crippen LogP contribution in [0.2, 0.25) is 0 Å². The molecule has 0 saturated heterocycles. The number of carbonyl (C=O) groups is 1. The molecule has 80 valence electrons. The van der Waals surface area contributed by atoms with Gasteiger partial charge in [0.05, 0.1) is 19.2 Å². The molecule has 0 bridgehead atoms. The molecule has 0 radical (unpaired) electrons. The Morgan fingerprint density at radius 1 is 1.27 bits per heavy atom. The minimum Gasteiger partial charge on any atom is -0.545 e. The fraction of sp³-hybridized carbons (Fsp3) is 0.300. The van der Waals surface area contributed by atoms with Crippen LogP contribution in [0.3, 0.4) is 0 Å². The van der Waals surface area contributed by atoms with Crippen molar-refractivity contribution >= 4 is 11.7 Å². The van der Waals surface area contributed by atoms with E-state index in [0.29, 0.717) is 24.7 Å². The standard InChI is InChI=1S/C10H11NO4/c11-7-5-9-8(4-6(7)10(12)13)14-2-1-3-15-9/h4-5H,1-3,11H2,(H,12,13)/p-1. The molecule has 0 amide bonds. The summed E-state index contributed by atoms with van der Waals surface area (Å²) in [6.07, 6.45) is 0.759. The number of rotatable bonds is 1. The van der Waals surface area contributed by atoms with Crippen LogP contribution < -0.4 is 20.3 Å². The van der Waals surface area contributed by atoms with Crippen molar-refractivity contribution in [3.05, 3.63) is 17.7 Å². The number of anilines is 1. The third kappa shape index (κ3) is 1.81. The quantitative estimate of drug-likeness (QED) is 0.645. The zero-order valence-corrected chi connectivity index (χ0v) is 7.99. The maximum absolute atomic E-state index is 10.7. The summed E-state index contributed by atoms with van der Waals surface area (Å²) in [6.45, 7) is 1.04. The maximum atomic E-state index is 10.7. The number of ether oxygens (including phenoxy) is 2. The van der Waals surface area contributed by atoms with Crippen molar-refractivity contribution in [1.82, 2.24) is 0 Å². The number of carboxylic acids is 1. The van der Waals surface area contributed by atoms with Gasteiger partial charge in [0.25, 0.3) is 0 Å². The zero-order chi connectivity index (χ0) is 10.8. The van der Waals surface area contributed by atoms with Gasteiger partial charge < -0.3 is 25.1 Å². The molecule has 2 N–H and O–H groups in total. The highest BCUT2D eigenvalue weighted by atomic mass is 16.5. The summed E-state index contributed by atoms with van der Waals surface area (Å²) >= 11 is 0. The summed E-state index contributed by atoms with van der Waals surface area (Å²) in [4.78, 5) is 10.7. The Morgan fingerprint density at radius 2 is 1.87 bits per heavy atom. The molecule has 2 rings (SSSR count). The highest BCUT2D eigenvalue weighted by Crippen LogP contribution is 2.33. The van der Waals surface area contributed by atoms with Crippen molar-refractivity contribution in [2.45, 2.75) is 6.42 Å². The molecule has 0 atom stereocenters. The van der Waals surface area contributed by atoms with Gasteiger partial charge in [0.1, 0.15) is 0 Å². The van der Waals surface area contributed by atoms with Crippen LogP contribution in [-0.2, 0) is 0 Å². The molecule has 1 aliphatic rings. The van der Waals surface area contributed by atoms with Crippen molar-refractivity contribution in [2.24, 2.45) is 0 Å². The third-order valence-electron chi connectivity index (χ3n) is 2.14. The van der Waals surface area contributed by atoms with Gasteiger partial charge in [-0.2, -0.15) is 0 Å². The van der Waals surface area contributed by atoms with Crippen molar-refractivity contribution in [1.29, 1.82) is 0 Å². The largest absolute Gasteiger partial charge is 0.545 e. The topological polar surface area (TPSA) is 84.6 Å². The number of hydrogen-bond donors (Lipinski definition) is 1. The molecule has 0 aromatic heterocycles. The van der Waals surface area contributed by atoms with Crippen LogP contribution in [-0.4, -0.2) is 19.2 Å². The molecule has 0 saturated carbocycles. The predicted molar refractivity (Wildman–Crippen MR) is 50.8 cm³/mol. The molecule has 15 heavy (non-hydrogen) atoms. The van der Waals surface area contributed by atoms with E-state index in [1.165, 1.54) is 12.1 Å². The Labute approximate surface area is 86.4 Å². The summed E-state index contributed by atoms with van der Waals surface area (Å²) in [5.74, 6) is -0.431. The first-order valence-electron chi connectivity index (χ1n) is 4.59. The van der Waals surface area contributed by atoms with E-state index in [4.69, 9.17) is 15.2 Å². The van der Waals surface area contributed by atoms with E-state index >= 15 is 0 Å². The Hall–Kier alpha value is -1.91. The molecule has 1 heterocycles. The van der Waals surface area contributed by atoms with Crippen molar-refractivity contribution < 1.29 is 19.4 Å². The van der Waals surface area contributed by atoms with Gasteiger partial charge in [-0.05, 0) is 6.07 Å². The fourth-order valence-corrected chi connectivity index (χ4v) is 1.40. The third-order valence-corrected chi connectivity index (χ3v) is 2.14. The number of nitrogens with two attached hydrogens (primary N) is 1. The Bertz CT molecular complexity index is 403. The number of carboxylic acid groups (broad SMARTS) is 1. The van der Waals surface area contributed by atoms with Crippen LogP contribution in [0.1, 0.15) is 16.8 Å². The van der Waals surface area contributed by atoms with Gasteiger partial charge in [0, 0.05) is 23.7 Å². The molecular formula is C10H10NO4-. The van der Waals surface area contributed by atoms with E-state index in [0.717, 1.165) is 6.42 Å². The van der Waals surface area contributed by atoms with E-state index in [2.05, 4.69) is 0 Å². The van der Waals surface area contributed by atoms with Gasteiger partial charge in [-0.15, -0.1) is 0 Å². The van der Waals surface area contributed by atoms with E-state index < -0.39 is 5.97 Å². The lowest BCUT2D eigenvalue weighted by atomic mass is 10.1. The van der Waals surface area contributed by atoms with Gasteiger partial charge in [-0.25, -0.2) is 0 Å². The second kappa shape index (κ2) is 3.68. The van der Waals surface area contributed by atoms with Crippen LogP contribution in [0.15, 0.2) is 12.1 Å². The molecule has 5 nitrogen and oxygen atoms in total. The molecule has 1 aliphatic heterocycles. The molecule has 5 heteroatoms. The number of hydrogen-bond acceptors (Lipinski definition) is 5. The highest BCUT2D eigenvalue weighted by Gasteiger charge is 2.13. The monoisotopic (exact) mass is 208 g/mol. The molecule has 0 spiro atoms. The van der Waals surface area contributed by atoms with Crippen molar-refractivity contribution in [3.63, 3.8) is 0 Å². The Kier molecular flexibility index (Phi) is 2.37. The lowest BCUT2D eigenvalue weighted by Gasteiger charge is -2.12. The Balaban J connectivity index is 2.47. The average Bonchev–Trinajstić information content (AvgIpc) is 2.40. The fourth-order valence-electron chi connectivity index (χ4n) is 1.40. The predicted octanol–water partition coefficient (Wildman–Crippen LogP) is -0.206. The minimum absolute atomic E-state index is 0.0701. The van der Waals surface area contributed by atoms with Gasteiger partial charge >= 0.3 is 0 Å². The summed E-state index contributed by atoms with van der Waals surface area (Å²) < 4.78 is 10.7. The van der Waals surface area contributed by atoms with Crippen LogP contribution in [0.25, 0.3) is 0 Å². The van der Waals surface area contributed by atoms with Gasteiger partial charge in [-0.3, -0.25) is 0 Å². The van der Waals surface area contributed by atoms with E-state index in [1.54, 1.807) is 0 Å². The van der Waals surface area contributed by atoms with Gasteiger partial charge in [0.2, 0.25) is 0 Å². The first kappa shape index (κ1) is 9.64. The molecule has 1 aromatic rings. The first-order valence-corrected chi connectivity index (χ1v) is 4.59. The summed E-state index contributed by atoms with van der Waals surface area (Å²) in [5, 5.41) is 10.7. The number of benzene rings is 1. The summed E-state index contributed by atoms with van der Waals surface area (Å²) in [5.41, 5.74) is 5.59. The van der Waals surface area contributed by atoms with Crippen LogP contribution >= 0.6 is 0 Å². The second-order valence-electron chi connectivity index (χ2n) is 3.22. The van der Waals surface area contributed by atoms with Crippen molar-refractivity contribution in [2.75, 3.05) is 18.9 Å². The summed E-state index contributed by atoms with van der Waals surface area (Å²) in [6, 6.07) is 2.79. The number of aromatic carboxylic acids is 1. The SMILES string of the molecule is Nc1cc2c(cc1C(=O)[O-])OCCCO2. The lowest BCUT2D eigenvalue weighted by molar-refractivity contribution is -0.254. The number of carbonyl (C=O) groups excluding carboxylic acids is 1. The smallest absolute Gasteiger partial charge is 0.163 e. The Morgan fingerprint density at radius 3 is 2.47 bits per heavy atom. The molecule has 0 aliphatic carbocycles. The second-order valence-corrected chi connectivity index (χ2v) is 3.22. The van der Waals surface area contributed by atoms with E-state index in [1.807, 2.05) is 0 Å². The average molecular weight is 208 g/mol. The normalized spacial score (nSPS) is 14.4. The van der Waals surface area contributed by atoms with Crippen LogP contribution in [0.5, 0.6) is 11.5 Å².